The number of nitrogens with one attached hydrogen (secondary N) is 2. The summed E-state index contributed by atoms with van der Waals surface area (Å²) in [5.74, 6) is 0.117. The van der Waals surface area contributed by atoms with E-state index in [9.17, 15) is 9.59 Å². The molecule has 2 heterocycles. The molecule has 1 aromatic heterocycles. The molecule has 0 saturated heterocycles. The molecule has 2 amide bonds. The van der Waals surface area contributed by atoms with Crippen LogP contribution in [0.5, 0.6) is 0 Å². The molecule has 7 heteroatoms. The number of carbonyl (C=O) groups excluding carboxylic acids is 2. The average molecular weight is 274 g/mol. The van der Waals surface area contributed by atoms with E-state index in [4.69, 9.17) is 12.2 Å². The quantitative estimate of drug-likeness (QED) is 0.653. The maximum Gasteiger partial charge on any atom is 0.261 e. The Morgan fingerprint density at radius 3 is 2.26 bits per heavy atom. The van der Waals surface area contributed by atoms with E-state index in [0.717, 1.165) is 0 Å². The van der Waals surface area contributed by atoms with Gasteiger partial charge in [0.2, 0.25) is 4.77 Å². The molecule has 0 radical (unpaired) electrons. The lowest BCUT2D eigenvalue weighted by Crippen LogP contribution is -2.31. The summed E-state index contributed by atoms with van der Waals surface area (Å²) < 4.78 is 0.359. The summed E-state index contributed by atoms with van der Waals surface area (Å²) in [6.45, 7) is 0.280. The van der Waals surface area contributed by atoms with Crippen LogP contribution in [-0.4, -0.2) is 38.4 Å². The van der Waals surface area contributed by atoms with Gasteiger partial charge in [-0.3, -0.25) is 24.7 Å². The van der Waals surface area contributed by atoms with Crippen LogP contribution in [0.2, 0.25) is 0 Å². The van der Waals surface area contributed by atoms with Crippen molar-refractivity contribution < 1.29 is 9.59 Å². The second-order valence-electron chi connectivity index (χ2n) is 4.17. The maximum absolute atomic E-state index is 12.1. The molecule has 2 N–H and O–H groups in total. The highest BCUT2D eigenvalue weighted by Gasteiger charge is 2.34. The van der Waals surface area contributed by atoms with E-state index in [1.54, 1.807) is 24.3 Å². The van der Waals surface area contributed by atoms with Gasteiger partial charge in [-0.1, -0.05) is 12.1 Å². The number of hydrogen-bond donors (Lipinski definition) is 2. The van der Waals surface area contributed by atoms with E-state index in [2.05, 4.69) is 15.2 Å². The lowest BCUT2D eigenvalue weighted by Gasteiger charge is -2.12. The monoisotopic (exact) mass is 274 g/mol. The highest BCUT2D eigenvalue weighted by Crippen LogP contribution is 2.22. The van der Waals surface area contributed by atoms with Crippen molar-refractivity contribution in [3.8, 4) is 0 Å². The van der Waals surface area contributed by atoms with Crippen LogP contribution in [0.4, 0.5) is 0 Å². The van der Waals surface area contributed by atoms with Crippen molar-refractivity contribution in [2.45, 2.75) is 6.42 Å². The molecule has 1 aliphatic rings. The fourth-order valence-electron chi connectivity index (χ4n) is 2.08. The summed E-state index contributed by atoms with van der Waals surface area (Å²) in [6.07, 6.45) is 0.443. The summed E-state index contributed by atoms with van der Waals surface area (Å²) in [5.41, 5.74) is 0.921. The SMILES string of the molecule is O=C1c2ccccc2C(=O)N1CCc1nc(=S)[nH][nH]1. The predicted octanol–water partition coefficient (Wildman–Crippen LogP) is 1.31. The zero-order valence-electron chi connectivity index (χ0n) is 9.84. The fraction of sp³-hybridized carbons (Fsp3) is 0.167. The smallest absolute Gasteiger partial charge is 0.261 e. The number of imide groups is 1. The van der Waals surface area contributed by atoms with Crippen LogP contribution >= 0.6 is 12.2 Å². The predicted molar refractivity (Wildman–Crippen MR) is 69.3 cm³/mol. The van der Waals surface area contributed by atoms with Crippen molar-refractivity contribution >= 4 is 24.0 Å². The molecule has 96 valence electrons. The fourth-order valence-corrected chi connectivity index (χ4v) is 2.24. The Morgan fingerprint density at radius 2 is 1.74 bits per heavy atom. The number of fused-ring (bicyclic) bond motifs is 1. The molecular formula is C12H10N4O2S. The zero-order valence-corrected chi connectivity index (χ0v) is 10.7. The molecule has 19 heavy (non-hydrogen) atoms. The minimum atomic E-state index is -0.255. The number of amides is 2. The second-order valence-corrected chi connectivity index (χ2v) is 4.56. The third kappa shape index (κ3) is 1.97. The van der Waals surface area contributed by atoms with Gasteiger partial charge in [-0.05, 0) is 24.4 Å². The average Bonchev–Trinajstić information content (AvgIpc) is 2.93. The number of carbonyl (C=O) groups is 2. The van der Waals surface area contributed by atoms with Gasteiger partial charge in [0.15, 0.2) is 0 Å². The van der Waals surface area contributed by atoms with Crippen molar-refractivity contribution in [2.24, 2.45) is 0 Å². The van der Waals surface area contributed by atoms with Crippen LogP contribution in [-0.2, 0) is 6.42 Å². The van der Waals surface area contributed by atoms with Gasteiger partial charge in [0.1, 0.15) is 5.82 Å². The molecule has 0 atom stereocenters. The molecule has 0 fully saturated rings. The van der Waals surface area contributed by atoms with E-state index in [0.29, 0.717) is 28.1 Å². The number of aromatic nitrogens is 3. The van der Waals surface area contributed by atoms with Gasteiger partial charge in [0, 0.05) is 13.0 Å². The van der Waals surface area contributed by atoms with Crippen LogP contribution in [0.25, 0.3) is 0 Å². The van der Waals surface area contributed by atoms with Gasteiger partial charge in [-0.25, -0.2) is 4.98 Å². The topological polar surface area (TPSA) is 81.8 Å². The largest absolute Gasteiger partial charge is 0.286 e. The standard InChI is InChI=1S/C12H10N4O2S/c17-10-7-3-1-2-4-8(7)11(18)16(10)6-5-9-13-12(19)15-14-9/h1-4H,5-6H2,(H2,13,14,15,19). The number of nitrogens with zero attached hydrogens (tertiary/aromatic N) is 2. The Labute approximate surface area is 113 Å². The van der Waals surface area contributed by atoms with Crippen molar-refractivity contribution in [3.05, 3.63) is 46.0 Å². The summed E-state index contributed by atoms with van der Waals surface area (Å²) >= 11 is 4.84. The zero-order chi connectivity index (χ0) is 13.4. The van der Waals surface area contributed by atoms with Crippen LogP contribution in [0.15, 0.2) is 24.3 Å². The van der Waals surface area contributed by atoms with Gasteiger partial charge < -0.3 is 0 Å². The minimum absolute atomic E-state index is 0.255. The highest BCUT2D eigenvalue weighted by molar-refractivity contribution is 7.71. The maximum atomic E-state index is 12.1. The molecule has 0 bridgehead atoms. The van der Waals surface area contributed by atoms with Crippen LogP contribution in [0.3, 0.4) is 0 Å². The van der Waals surface area contributed by atoms with E-state index in [1.807, 2.05) is 0 Å². The van der Waals surface area contributed by atoms with Crippen molar-refractivity contribution in [2.75, 3.05) is 6.54 Å². The number of rotatable bonds is 3. The number of aromatic amines is 2. The van der Waals surface area contributed by atoms with Gasteiger partial charge in [0.25, 0.3) is 11.8 Å². The lowest BCUT2D eigenvalue weighted by molar-refractivity contribution is 0.0655. The summed E-state index contributed by atoms with van der Waals surface area (Å²) in [4.78, 5) is 29.4. The van der Waals surface area contributed by atoms with Gasteiger partial charge in [0.05, 0.1) is 11.1 Å². The molecular weight excluding hydrogens is 264 g/mol. The first kappa shape index (κ1) is 11.8. The number of H-pyrrole nitrogens is 2. The van der Waals surface area contributed by atoms with Crippen LogP contribution in [0, 0.1) is 4.77 Å². The van der Waals surface area contributed by atoms with Crippen molar-refractivity contribution in [3.63, 3.8) is 0 Å². The molecule has 0 saturated carbocycles. The third-order valence-corrected chi connectivity index (χ3v) is 3.19. The molecule has 0 aliphatic carbocycles. The Bertz CT molecular complexity index is 683. The van der Waals surface area contributed by atoms with Gasteiger partial charge in [-0.2, -0.15) is 0 Å². The normalized spacial score (nSPS) is 14.0. The summed E-state index contributed by atoms with van der Waals surface area (Å²) in [7, 11) is 0. The molecule has 2 aromatic rings. The van der Waals surface area contributed by atoms with E-state index in [-0.39, 0.29) is 18.4 Å². The first-order chi connectivity index (χ1) is 9.16. The number of hydrogen-bond acceptors (Lipinski definition) is 4. The summed E-state index contributed by atoms with van der Waals surface area (Å²) in [6, 6.07) is 6.83. The molecule has 1 aromatic carbocycles. The summed E-state index contributed by atoms with van der Waals surface area (Å²) in [5, 5.41) is 5.46. The van der Waals surface area contributed by atoms with Crippen LogP contribution < -0.4 is 0 Å². The Morgan fingerprint density at radius 1 is 1.11 bits per heavy atom. The van der Waals surface area contributed by atoms with E-state index >= 15 is 0 Å². The first-order valence-corrected chi connectivity index (χ1v) is 6.16. The third-order valence-electron chi connectivity index (χ3n) is 3.00. The number of benzene rings is 1. The first-order valence-electron chi connectivity index (χ1n) is 5.75. The van der Waals surface area contributed by atoms with Crippen LogP contribution in [0.1, 0.15) is 26.5 Å². The van der Waals surface area contributed by atoms with Crippen molar-refractivity contribution in [1.29, 1.82) is 0 Å². The lowest BCUT2D eigenvalue weighted by atomic mass is 10.1. The Hall–Kier alpha value is -2.28. The molecule has 0 unspecified atom stereocenters. The Balaban J connectivity index is 1.79. The highest BCUT2D eigenvalue weighted by atomic mass is 32.1. The Kier molecular flexibility index (Phi) is 2.75. The molecule has 6 nitrogen and oxygen atoms in total. The molecule has 0 spiro atoms. The van der Waals surface area contributed by atoms with Gasteiger partial charge in [-0.15, -0.1) is 0 Å². The van der Waals surface area contributed by atoms with Gasteiger partial charge >= 0.3 is 0 Å². The molecule has 1 aliphatic heterocycles. The van der Waals surface area contributed by atoms with E-state index < -0.39 is 0 Å². The van der Waals surface area contributed by atoms with Crippen molar-refractivity contribution in [1.82, 2.24) is 20.1 Å². The minimum Gasteiger partial charge on any atom is -0.286 e. The second kappa shape index (κ2) is 4.43. The molecule has 3 rings (SSSR count). The van der Waals surface area contributed by atoms with E-state index in [1.165, 1.54) is 4.90 Å².